The number of fused-ring (bicyclic) bond motifs is 18. The molecule has 12 heterocycles. The molecule has 18 nitrogen and oxygen atoms in total. The zero-order valence-corrected chi connectivity index (χ0v) is 80.2. The lowest BCUT2D eigenvalue weighted by atomic mass is 9.95. The van der Waals surface area contributed by atoms with Crippen molar-refractivity contribution in [2.45, 2.75) is 0 Å². The molecule has 0 bridgehead atoms. The lowest BCUT2D eigenvalue weighted by Crippen LogP contribution is -2.01. The van der Waals surface area contributed by atoms with Crippen molar-refractivity contribution in [1.82, 2.24) is 73.5 Å². The third kappa shape index (κ3) is 15.4. The van der Waals surface area contributed by atoms with Gasteiger partial charge in [-0.2, -0.15) is 0 Å². The van der Waals surface area contributed by atoms with Crippen molar-refractivity contribution in [3.05, 3.63) is 492 Å². The van der Waals surface area contributed by atoms with Crippen LogP contribution in [0.4, 0.5) is 0 Å². The maximum atomic E-state index is 6.90. The Morgan fingerprint density at radius 3 is 0.873 bits per heavy atom. The van der Waals surface area contributed by atoms with Crippen LogP contribution in [0.15, 0.2) is 505 Å². The number of pyridine rings is 3. The molecule has 0 aliphatic rings. The van der Waals surface area contributed by atoms with Crippen LogP contribution in [0.3, 0.4) is 0 Å². The lowest BCUT2D eigenvalue weighted by molar-refractivity contribution is 0.669. The maximum Gasteiger partial charge on any atom is 0.165 e. The molecule has 30 aromatic rings. The van der Waals surface area contributed by atoms with Crippen LogP contribution in [-0.4, -0.2) is 73.5 Å². The van der Waals surface area contributed by atoms with Crippen molar-refractivity contribution < 1.29 is 13.3 Å². The van der Waals surface area contributed by atoms with Crippen molar-refractivity contribution in [1.29, 1.82) is 0 Å². The van der Waals surface area contributed by atoms with Crippen LogP contribution in [0.2, 0.25) is 0 Å². The standard InChI is InChI=1S/3C44H27N5O/c1-4-14-28(15-5-1)42-46-43(29-16-6-2-7-17-29)48-44(47-42)41-32(35-21-12-13-25-45-35)23-24-38-40(41)34-26-37-33(27-39(34)50-38)31-20-10-11-22-36(31)49(37)30-18-8-3-9-19-30;1-4-13-28(14-5-1)42-46-43(29-15-6-2-7-16-29)48-44(47-42)41-32(30-17-12-24-45-27-30)22-23-38-40(41)35-25-37-34(26-39(35)50-38)33-20-10-11-21-36(33)49(37)31-18-8-3-9-19-31;1-4-12-29(13-5-1)42-46-43(30-14-6-2-7-15-30)48-44(47-42)34-21-20-32(28-22-24-45-25-23-28)41-40(34)36-26-38-35(27-39(36)50-41)33-18-10-11-19-37(33)49(38)31-16-8-3-9-17-31/h3*1-27H. The highest BCUT2D eigenvalue weighted by molar-refractivity contribution is 6.25. The second-order valence-corrected chi connectivity index (χ2v) is 36.9. The van der Waals surface area contributed by atoms with Crippen molar-refractivity contribution in [3.63, 3.8) is 0 Å². The fourth-order valence-corrected chi connectivity index (χ4v) is 21.2. The van der Waals surface area contributed by atoms with E-state index in [0.717, 1.165) is 216 Å². The topological polar surface area (TPSA) is 209 Å². The summed E-state index contributed by atoms with van der Waals surface area (Å²) >= 11 is 0. The van der Waals surface area contributed by atoms with Gasteiger partial charge in [0.25, 0.3) is 0 Å². The molecule has 0 aliphatic heterocycles. The van der Waals surface area contributed by atoms with Crippen LogP contribution in [0, 0.1) is 0 Å². The van der Waals surface area contributed by atoms with Gasteiger partial charge >= 0.3 is 0 Å². The van der Waals surface area contributed by atoms with E-state index in [0.29, 0.717) is 52.4 Å². The van der Waals surface area contributed by atoms with Gasteiger partial charge in [-0.05, 0) is 169 Å². The highest BCUT2D eigenvalue weighted by atomic mass is 16.3. The Bertz CT molecular complexity index is 9750. The molecule has 0 saturated heterocycles. The molecular formula is C132H81N15O3. The number of furan rings is 3. The predicted octanol–water partition coefficient (Wildman–Crippen LogP) is 32.8. The molecular weight excluding hydrogens is 1840 g/mol. The first-order valence-corrected chi connectivity index (χ1v) is 49.7. The highest BCUT2D eigenvalue weighted by Crippen LogP contribution is 2.51. The summed E-state index contributed by atoms with van der Waals surface area (Å²) in [6, 6.07) is 157. The third-order valence-corrected chi connectivity index (χ3v) is 28.0. The van der Waals surface area contributed by atoms with Gasteiger partial charge in [-0.1, -0.05) is 303 Å². The van der Waals surface area contributed by atoms with Crippen LogP contribution in [0.1, 0.15) is 0 Å². The quantitative estimate of drug-likeness (QED) is 0.0935. The van der Waals surface area contributed by atoms with Gasteiger partial charge in [0.2, 0.25) is 0 Å². The Morgan fingerprint density at radius 1 is 0.173 bits per heavy atom. The summed E-state index contributed by atoms with van der Waals surface area (Å²) in [6.07, 6.45) is 9.11. The van der Waals surface area contributed by atoms with Gasteiger partial charge < -0.3 is 27.0 Å². The van der Waals surface area contributed by atoms with Gasteiger partial charge in [0.1, 0.15) is 33.5 Å². The molecule has 0 radical (unpaired) electrons. The van der Waals surface area contributed by atoms with Crippen LogP contribution >= 0.6 is 0 Å². The first-order chi connectivity index (χ1) is 74.4. The first-order valence-electron chi connectivity index (χ1n) is 49.7. The molecule has 0 saturated carbocycles. The fourth-order valence-electron chi connectivity index (χ4n) is 21.2. The first kappa shape index (κ1) is 87.1. The van der Waals surface area contributed by atoms with E-state index in [1.165, 1.54) is 16.2 Å². The number of nitrogens with zero attached hydrogens (tertiary/aromatic N) is 15. The number of para-hydroxylation sites is 6. The molecule has 18 heteroatoms. The molecule has 30 rings (SSSR count). The number of rotatable bonds is 15. The number of hydrogen-bond acceptors (Lipinski definition) is 15. The van der Waals surface area contributed by atoms with E-state index in [9.17, 15) is 0 Å². The average molecular weight is 1930 g/mol. The Balaban J connectivity index is 0.000000108. The minimum atomic E-state index is 0.551. The van der Waals surface area contributed by atoms with Crippen LogP contribution in [0.25, 0.3) is 284 Å². The molecule has 12 aromatic heterocycles. The van der Waals surface area contributed by atoms with Crippen LogP contribution in [0.5, 0.6) is 0 Å². The van der Waals surface area contributed by atoms with Crippen molar-refractivity contribution in [2.24, 2.45) is 0 Å². The minimum Gasteiger partial charge on any atom is -0.456 e. The summed E-state index contributed by atoms with van der Waals surface area (Å²) in [4.78, 5) is 59.5. The van der Waals surface area contributed by atoms with E-state index in [1.54, 1.807) is 6.20 Å². The second-order valence-electron chi connectivity index (χ2n) is 36.9. The van der Waals surface area contributed by atoms with Crippen molar-refractivity contribution in [2.75, 3.05) is 0 Å². The lowest BCUT2D eigenvalue weighted by Gasteiger charge is -2.13. The maximum absolute atomic E-state index is 6.90. The molecule has 0 unspecified atom stereocenters. The van der Waals surface area contributed by atoms with Crippen molar-refractivity contribution >= 4 is 131 Å². The molecule has 0 atom stereocenters. The van der Waals surface area contributed by atoms with Crippen LogP contribution in [-0.2, 0) is 0 Å². The molecule has 18 aromatic carbocycles. The molecule has 0 fully saturated rings. The number of aromatic nitrogens is 15. The summed E-state index contributed by atoms with van der Waals surface area (Å²) in [5, 5.41) is 12.6. The van der Waals surface area contributed by atoms with E-state index in [4.69, 9.17) is 63.1 Å². The SMILES string of the molecule is c1ccc(-c2nc(-c3ccccc3)nc(-c3c(-c4ccccn4)ccc4oc5cc6c7ccccc7n(-c7ccccc7)c6cc5c34)n2)cc1.c1ccc(-c2nc(-c3ccccc3)nc(-c3c(-c4cccnc4)ccc4oc5cc6c7ccccc7n(-c7ccccc7)c6cc5c34)n2)cc1.c1ccc(-c2nc(-c3ccccc3)nc(-c3ccc(-c4ccncc4)c4oc5cc6c7ccccc7n(-c7ccccc7)c6cc5c34)n2)cc1. The second kappa shape index (κ2) is 36.9. The normalized spacial score (nSPS) is 11.6. The molecule has 0 spiro atoms. The summed E-state index contributed by atoms with van der Waals surface area (Å²) in [6.45, 7) is 0. The Labute approximate surface area is 857 Å². The monoisotopic (exact) mass is 1920 g/mol. The predicted molar refractivity (Wildman–Crippen MR) is 603 cm³/mol. The van der Waals surface area contributed by atoms with E-state index < -0.39 is 0 Å². The molecule has 0 N–H and O–H groups in total. The summed E-state index contributed by atoms with van der Waals surface area (Å²) < 4.78 is 27.3. The molecule has 0 amide bonds. The minimum absolute atomic E-state index is 0.551. The van der Waals surface area contributed by atoms with Gasteiger partial charge in [0, 0.05) is 179 Å². The van der Waals surface area contributed by atoms with E-state index >= 15 is 0 Å². The number of benzene rings is 18. The highest BCUT2D eigenvalue weighted by Gasteiger charge is 2.30. The smallest absolute Gasteiger partial charge is 0.165 e. The largest absolute Gasteiger partial charge is 0.456 e. The molecule has 150 heavy (non-hydrogen) atoms. The fraction of sp³-hybridized carbons (Fsp3) is 0. The zero-order chi connectivity index (χ0) is 99.1. The van der Waals surface area contributed by atoms with Crippen molar-refractivity contribution in [3.8, 4) is 153 Å². The Hall–Kier alpha value is -20.8. The Kier molecular flexibility index (Phi) is 21.4. The van der Waals surface area contributed by atoms with Gasteiger partial charge in [-0.15, -0.1) is 0 Å². The van der Waals surface area contributed by atoms with Crippen LogP contribution < -0.4 is 0 Å². The molecule has 0 aliphatic carbocycles. The Morgan fingerprint density at radius 2 is 0.493 bits per heavy atom. The summed E-state index contributed by atoms with van der Waals surface area (Å²) in [5.74, 6) is 5.31. The van der Waals surface area contributed by atoms with E-state index in [-0.39, 0.29) is 0 Å². The van der Waals surface area contributed by atoms with Gasteiger partial charge in [0.05, 0.1) is 38.8 Å². The summed E-state index contributed by atoms with van der Waals surface area (Å²) in [5.41, 5.74) is 28.4. The van der Waals surface area contributed by atoms with Gasteiger partial charge in [0.15, 0.2) is 52.4 Å². The van der Waals surface area contributed by atoms with Gasteiger partial charge in [-0.3, -0.25) is 15.0 Å². The summed E-state index contributed by atoms with van der Waals surface area (Å²) in [7, 11) is 0. The third-order valence-electron chi connectivity index (χ3n) is 28.0. The molecule has 702 valence electrons. The van der Waals surface area contributed by atoms with E-state index in [2.05, 4.69) is 236 Å². The average Bonchev–Trinajstić information content (AvgIpc) is 1.56. The van der Waals surface area contributed by atoms with E-state index in [1.807, 2.05) is 274 Å². The zero-order valence-electron chi connectivity index (χ0n) is 80.2. The van der Waals surface area contributed by atoms with Gasteiger partial charge in [-0.25, -0.2) is 44.9 Å². The number of hydrogen-bond donors (Lipinski definition) is 0.